The minimum Gasteiger partial charge on any atom is -0.495 e. The van der Waals surface area contributed by atoms with Gasteiger partial charge in [0, 0.05) is 41.5 Å². The third-order valence-electron chi connectivity index (χ3n) is 4.37. The molecule has 0 aliphatic carbocycles. The molecule has 3 aromatic rings. The normalized spacial score (nSPS) is 12.6. The molecule has 0 spiro atoms. The molecule has 0 aliphatic rings. The number of pyridine rings is 1. The Labute approximate surface area is 172 Å². The fourth-order valence-electron chi connectivity index (χ4n) is 2.90. The van der Waals surface area contributed by atoms with Crippen LogP contribution in [0, 0.1) is 10.1 Å². The number of ether oxygens (including phenoxy) is 1. The van der Waals surface area contributed by atoms with Gasteiger partial charge in [-0.05, 0) is 46.6 Å². The lowest BCUT2D eigenvalue weighted by Gasteiger charge is -2.19. The number of nitro benzene ring substituents is 1. The van der Waals surface area contributed by atoms with Crippen LogP contribution in [0.25, 0.3) is 10.9 Å². The summed E-state index contributed by atoms with van der Waals surface area (Å²) < 4.78 is 45.4. The SMILES string of the molecule is COc1cc2nccc(NC(C)c3cc([N+](=O)[O-])cc(C(F)(F)F)c3)c2cc1Br. The largest absolute Gasteiger partial charge is 0.495 e. The van der Waals surface area contributed by atoms with Crippen molar-refractivity contribution in [1.29, 1.82) is 0 Å². The van der Waals surface area contributed by atoms with Crippen LogP contribution in [0.1, 0.15) is 24.1 Å². The Bertz CT molecular complexity index is 1090. The standard InChI is InChI=1S/C19H15BrF3N3O3/c1-10(11-5-12(19(21,22)23)7-13(6-11)26(27)28)25-16-3-4-24-17-9-18(29-2)15(20)8-14(16)17/h3-10H,1-2H3,(H,24,25). The number of hydrogen-bond donors (Lipinski definition) is 1. The number of benzene rings is 2. The van der Waals surface area contributed by atoms with Gasteiger partial charge < -0.3 is 10.1 Å². The van der Waals surface area contributed by atoms with Gasteiger partial charge in [0.2, 0.25) is 0 Å². The maximum atomic E-state index is 13.2. The number of nitro groups is 1. The van der Waals surface area contributed by atoms with Crippen LogP contribution >= 0.6 is 15.9 Å². The second kappa shape index (κ2) is 7.86. The van der Waals surface area contributed by atoms with E-state index in [2.05, 4.69) is 26.2 Å². The van der Waals surface area contributed by atoms with Gasteiger partial charge in [-0.2, -0.15) is 13.2 Å². The molecular formula is C19H15BrF3N3O3. The third kappa shape index (κ3) is 4.42. The topological polar surface area (TPSA) is 77.3 Å². The summed E-state index contributed by atoms with van der Waals surface area (Å²) in [7, 11) is 1.52. The van der Waals surface area contributed by atoms with E-state index in [0.29, 0.717) is 32.9 Å². The van der Waals surface area contributed by atoms with Crippen molar-refractivity contribution in [2.45, 2.75) is 19.1 Å². The molecule has 0 saturated heterocycles. The fourth-order valence-corrected chi connectivity index (χ4v) is 3.40. The highest BCUT2D eigenvalue weighted by Crippen LogP contribution is 2.36. The Balaban J connectivity index is 2.02. The van der Waals surface area contributed by atoms with Gasteiger partial charge in [0.1, 0.15) is 5.75 Å². The first-order valence-corrected chi connectivity index (χ1v) is 9.15. The summed E-state index contributed by atoms with van der Waals surface area (Å²) in [5.41, 5.74) is -0.301. The molecule has 0 saturated carbocycles. The van der Waals surface area contributed by atoms with Crippen molar-refractivity contribution >= 4 is 38.2 Å². The van der Waals surface area contributed by atoms with E-state index in [-0.39, 0.29) is 5.56 Å². The van der Waals surface area contributed by atoms with E-state index in [9.17, 15) is 23.3 Å². The van der Waals surface area contributed by atoms with Crippen LogP contribution in [0.15, 0.2) is 47.1 Å². The van der Waals surface area contributed by atoms with E-state index >= 15 is 0 Å². The van der Waals surface area contributed by atoms with Gasteiger partial charge >= 0.3 is 6.18 Å². The van der Waals surface area contributed by atoms with Crippen molar-refractivity contribution in [3.8, 4) is 5.75 Å². The zero-order valence-electron chi connectivity index (χ0n) is 15.2. The second-order valence-electron chi connectivity index (χ2n) is 6.30. The molecule has 0 aliphatic heterocycles. The number of halogens is 4. The molecule has 1 N–H and O–H groups in total. The van der Waals surface area contributed by atoms with Crippen molar-refractivity contribution in [3.05, 3.63) is 68.3 Å². The van der Waals surface area contributed by atoms with Gasteiger partial charge in [0.15, 0.2) is 0 Å². The molecular weight excluding hydrogens is 455 g/mol. The molecule has 0 radical (unpaired) electrons. The molecule has 1 aromatic heterocycles. The number of nitrogens with one attached hydrogen (secondary N) is 1. The Kier molecular flexibility index (Phi) is 5.65. The van der Waals surface area contributed by atoms with E-state index in [0.717, 1.165) is 12.1 Å². The van der Waals surface area contributed by atoms with Gasteiger partial charge in [-0.15, -0.1) is 0 Å². The van der Waals surface area contributed by atoms with Crippen LogP contribution in [-0.4, -0.2) is 17.0 Å². The molecule has 0 amide bonds. The molecule has 152 valence electrons. The van der Waals surface area contributed by atoms with E-state index in [1.807, 2.05) is 0 Å². The number of aromatic nitrogens is 1. The van der Waals surface area contributed by atoms with E-state index in [4.69, 9.17) is 4.74 Å². The van der Waals surface area contributed by atoms with Crippen LogP contribution in [0.2, 0.25) is 0 Å². The molecule has 3 rings (SSSR count). The fraction of sp³-hybridized carbons (Fsp3) is 0.211. The molecule has 1 heterocycles. The lowest BCUT2D eigenvalue weighted by molar-refractivity contribution is -0.385. The summed E-state index contributed by atoms with van der Waals surface area (Å²) in [6, 6.07) is 7.13. The van der Waals surface area contributed by atoms with Gasteiger partial charge in [-0.3, -0.25) is 15.1 Å². The summed E-state index contributed by atoms with van der Waals surface area (Å²) in [5, 5.41) is 14.9. The number of alkyl halides is 3. The van der Waals surface area contributed by atoms with Gasteiger partial charge in [-0.25, -0.2) is 0 Å². The van der Waals surface area contributed by atoms with Crippen molar-refractivity contribution in [2.75, 3.05) is 12.4 Å². The summed E-state index contributed by atoms with van der Waals surface area (Å²) in [4.78, 5) is 14.5. The van der Waals surface area contributed by atoms with Crippen LogP contribution in [0.4, 0.5) is 24.5 Å². The number of hydrogen-bond acceptors (Lipinski definition) is 5. The summed E-state index contributed by atoms with van der Waals surface area (Å²) in [6.45, 7) is 1.63. The number of fused-ring (bicyclic) bond motifs is 1. The average molecular weight is 470 g/mol. The van der Waals surface area contributed by atoms with E-state index in [1.54, 1.807) is 31.3 Å². The molecule has 2 aromatic carbocycles. The summed E-state index contributed by atoms with van der Waals surface area (Å²) >= 11 is 3.40. The molecule has 0 fully saturated rings. The average Bonchev–Trinajstić information content (AvgIpc) is 2.66. The third-order valence-corrected chi connectivity index (χ3v) is 4.99. The Morgan fingerprint density at radius 3 is 2.59 bits per heavy atom. The van der Waals surface area contributed by atoms with Crippen LogP contribution in [0.5, 0.6) is 5.75 Å². The minimum atomic E-state index is -4.69. The summed E-state index contributed by atoms with van der Waals surface area (Å²) in [6.07, 6.45) is -3.13. The van der Waals surface area contributed by atoms with Gasteiger partial charge in [-0.1, -0.05) is 0 Å². The van der Waals surface area contributed by atoms with Crippen molar-refractivity contribution in [2.24, 2.45) is 0 Å². The summed E-state index contributed by atoms with van der Waals surface area (Å²) in [5.74, 6) is 0.587. The number of methoxy groups -OCH3 is 1. The first-order chi connectivity index (χ1) is 13.6. The zero-order chi connectivity index (χ0) is 21.3. The molecule has 6 nitrogen and oxygen atoms in total. The first kappa shape index (κ1) is 20.8. The Hall–Kier alpha value is -2.88. The number of non-ortho nitro benzene ring substituents is 1. The molecule has 1 unspecified atom stereocenters. The predicted molar refractivity (Wildman–Crippen MR) is 106 cm³/mol. The molecule has 29 heavy (non-hydrogen) atoms. The smallest absolute Gasteiger partial charge is 0.416 e. The van der Waals surface area contributed by atoms with Crippen LogP contribution < -0.4 is 10.1 Å². The van der Waals surface area contributed by atoms with Crippen molar-refractivity contribution in [1.82, 2.24) is 4.98 Å². The van der Waals surface area contributed by atoms with E-state index in [1.165, 1.54) is 7.11 Å². The van der Waals surface area contributed by atoms with Crippen molar-refractivity contribution < 1.29 is 22.8 Å². The Morgan fingerprint density at radius 1 is 1.24 bits per heavy atom. The van der Waals surface area contributed by atoms with Gasteiger partial charge in [0.05, 0.1) is 27.6 Å². The lowest BCUT2D eigenvalue weighted by atomic mass is 10.0. The molecule has 0 bridgehead atoms. The highest BCUT2D eigenvalue weighted by Gasteiger charge is 2.33. The maximum absolute atomic E-state index is 13.2. The van der Waals surface area contributed by atoms with Crippen LogP contribution in [0.3, 0.4) is 0 Å². The predicted octanol–water partition coefficient (Wildman–Crippen LogP) is 6.11. The highest BCUT2D eigenvalue weighted by atomic mass is 79.9. The van der Waals surface area contributed by atoms with Gasteiger partial charge in [0.25, 0.3) is 5.69 Å². The molecule has 1 atom stereocenters. The zero-order valence-corrected chi connectivity index (χ0v) is 16.8. The quantitative estimate of drug-likeness (QED) is 0.360. The number of nitrogens with zero attached hydrogens (tertiary/aromatic N) is 2. The second-order valence-corrected chi connectivity index (χ2v) is 7.15. The van der Waals surface area contributed by atoms with Crippen molar-refractivity contribution in [3.63, 3.8) is 0 Å². The first-order valence-electron chi connectivity index (χ1n) is 8.35. The minimum absolute atomic E-state index is 0.143. The number of rotatable bonds is 5. The monoisotopic (exact) mass is 469 g/mol. The van der Waals surface area contributed by atoms with E-state index < -0.39 is 28.4 Å². The lowest BCUT2D eigenvalue weighted by Crippen LogP contribution is -2.11. The number of anilines is 1. The Morgan fingerprint density at radius 2 is 1.97 bits per heavy atom. The maximum Gasteiger partial charge on any atom is 0.416 e. The highest BCUT2D eigenvalue weighted by molar-refractivity contribution is 9.10. The molecule has 10 heteroatoms. The van der Waals surface area contributed by atoms with Crippen LogP contribution in [-0.2, 0) is 6.18 Å².